The van der Waals surface area contributed by atoms with E-state index in [0.717, 1.165) is 12.3 Å². The van der Waals surface area contributed by atoms with E-state index in [2.05, 4.69) is 0 Å². The molecule has 3 aliphatic rings. The molecule has 7 N–H and O–H groups in total. The predicted octanol–water partition coefficient (Wildman–Crippen LogP) is -3.25. The van der Waals surface area contributed by atoms with Crippen LogP contribution >= 0.6 is 11.6 Å². The number of aliphatic hydroxyl groups excluding tert-OH is 5. The van der Waals surface area contributed by atoms with Crippen molar-refractivity contribution in [1.82, 2.24) is 0 Å². The van der Waals surface area contributed by atoms with Gasteiger partial charge in [0.15, 0.2) is 6.29 Å². The zero-order valence-corrected chi connectivity index (χ0v) is 14.5. The van der Waals surface area contributed by atoms with Gasteiger partial charge in [0.25, 0.3) is 0 Å². The smallest absolute Gasteiger partial charge is 0.210 e. The summed E-state index contributed by atoms with van der Waals surface area (Å²) in [7, 11) is 0. The van der Waals surface area contributed by atoms with Crippen LogP contribution in [0.1, 0.15) is 6.92 Å². The Balaban J connectivity index is 1.85. The molecule has 2 fully saturated rings. The standard InChI is InChI=1S/C15H23ClO10/c1-14(22)9-13(24-3-2-15(9,23)11(21)10(14)16)26-12-8(20)7(19)6(18)5(4-17)25-12/h2-3,5-13,17-23H,4H2,1H3/t5-,6-,7+,8-,9-,10-,11-,12-,13+,14-,15+/m1/s1. The third kappa shape index (κ3) is 2.85. The monoisotopic (exact) mass is 398 g/mol. The Morgan fingerprint density at radius 3 is 2.35 bits per heavy atom. The van der Waals surface area contributed by atoms with E-state index in [1.807, 2.05) is 0 Å². The van der Waals surface area contributed by atoms with Crippen molar-refractivity contribution in [2.45, 2.75) is 66.6 Å². The van der Waals surface area contributed by atoms with Crippen LogP contribution in [0.3, 0.4) is 0 Å². The first-order valence-corrected chi connectivity index (χ1v) is 8.55. The summed E-state index contributed by atoms with van der Waals surface area (Å²) in [5, 5.41) is 69.4. The van der Waals surface area contributed by atoms with Gasteiger partial charge in [-0.15, -0.1) is 11.6 Å². The molecule has 0 spiro atoms. The van der Waals surface area contributed by atoms with Gasteiger partial charge < -0.3 is 50.0 Å². The van der Waals surface area contributed by atoms with Gasteiger partial charge in [-0.25, -0.2) is 0 Å². The van der Waals surface area contributed by atoms with Crippen LogP contribution in [0.4, 0.5) is 0 Å². The molecule has 11 atom stereocenters. The van der Waals surface area contributed by atoms with Gasteiger partial charge in [-0.05, 0) is 13.0 Å². The molecule has 0 unspecified atom stereocenters. The molecule has 0 amide bonds. The second-order valence-corrected chi connectivity index (χ2v) is 7.55. The number of hydrogen-bond donors (Lipinski definition) is 7. The molecule has 1 aliphatic carbocycles. The van der Waals surface area contributed by atoms with Crippen LogP contribution in [-0.4, -0.2) is 102 Å². The number of fused-ring (bicyclic) bond motifs is 1. The molecule has 1 saturated carbocycles. The molecule has 3 rings (SSSR count). The second kappa shape index (κ2) is 6.82. The minimum absolute atomic E-state index is 0.649. The van der Waals surface area contributed by atoms with Crippen molar-refractivity contribution in [3.05, 3.63) is 12.3 Å². The summed E-state index contributed by atoms with van der Waals surface area (Å²) in [6, 6.07) is 0. The lowest BCUT2D eigenvalue weighted by Gasteiger charge is -2.45. The zero-order valence-electron chi connectivity index (χ0n) is 13.8. The fraction of sp³-hybridized carbons (Fsp3) is 0.867. The first-order chi connectivity index (χ1) is 12.1. The Hall–Kier alpha value is -0.530. The van der Waals surface area contributed by atoms with E-state index in [9.17, 15) is 35.7 Å². The van der Waals surface area contributed by atoms with Gasteiger partial charge in [-0.2, -0.15) is 0 Å². The lowest BCUT2D eigenvalue weighted by molar-refractivity contribution is -0.351. The van der Waals surface area contributed by atoms with Crippen LogP contribution in [0.2, 0.25) is 0 Å². The molecule has 0 radical (unpaired) electrons. The van der Waals surface area contributed by atoms with Crippen LogP contribution in [0.15, 0.2) is 12.3 Å². The molecule has 2 aliphatic heterocycles. The van der Waals surface area contributed by atoms with E-state index in [1.165, 1.54) is 6.92 Å². The zero-order chi connectivity index (χ0) is 19.4. The minimum Gasteiger partial charge on any atom is -0.472 e. The third-order valence-corrected chi connectivity index (χ3v) is 6.05. The molecular weight excluding hydrogens is 376 g/mol. The quantitative estimate of drug-likeness (QED) is 0.240. The van der Waals surface area contributed by atoms with Gasteiger partial charge >= 0.3 is 0 Å². The summed E-state index contributed by atoms with van der Waals surface area (Å²) in [4.78, 5) is 0. The summed E-state index contributed by atoms with van der Waals surface area (Å²) in [6.45, 7) is 0.645. The normalized spacial score (nSPS) is 56.9. The van der Waals surface area contributed by atoms with Gasteiger partial charge in [-0.3, -0.25) is 0 Å². The Morgan fingerprint density at radius 2 is 1.73 bits per heavy atom. The van der Waals surface area contributed by atoms with E-state index in [1.54, 1.807) is 0 Å². The Labute approximate surface area is 153 Å². The Bertz CT molecular complexity index is 557. The van der Waals surface area contributed by atoms with Crippen molar-refractivity contribution in [3.63, 3.8) is 0 Å². The molecule has 0 aromatic carbocycles. The number of ether oxygens (including phenoxy) is 3. The molecule has 10 nitrogen and oxygen atoms in total. The van der Waals surface area contributed by atoms with Gasteiger partial charge in [-0.1, -0.05) is 0 Å². The summed E-state index contributed by atoms with van der Waals surface area (Å²) in [5.74, 6) is -1.26. The maximum atomic E-state index is 10.8. The van der Waals surface area contributed by atoms with Crippen molar-refractivity contribution in [3.8, 4) is 0 Å². The average molecular weight is 399 g/mol. The highest BCUT2D eigenvalue weighted by molar-refractivity contribution is 6.22. The fourth-order valence-corrected chi connectivity index (χ4v) is 4.14. The maximum Gasteiger partial charge on any atom is 0.210 e. The summed E-state index contributed by atoms with van der Waals surface area (Å²) >= 11 is 6.05. The minimum atomic E-state index is -1.97. The Kier molecular flexibility index (Phi) is 5.30. The molecule has 0 aromatic heterocycles. The molecule has 0 bridgehead atoms. The lowest BCUT2D eigenvalue weighted by Crippen LogP contribution is -2.62. The van der Waals surface area contributed by atoms with Crippen LogP contribution in [0.5, 0.6) is 0 Å². The number of rotatable bonds is 3. The number of aliphatic hydroxyl groups is 7. The number of alkyl halides is 1. The van der Waals surface area contributed by atoms with E-state index < -0.39 is 72.2 Å². The van der Waals surface area contributed by atoms with Gasteiger partial charge in [0.2, 0.25) is 6.29 Å². The van der Waals surface area contributed by atoms with Crippen molar-refractivity contribution >= 4 is 11.6 Å². The highest BCUT2D eigenvalue weighted by Crippen LogP contribution is 2.51. The molecule has 1 saturated heterocycles. The molecular formula is C15H23ClO10. The van der Waals surface area contributed by atoms with E-state index >= 15 is 0 Å². The average Bonchev–Trinajstić information content (AvgIpc) is 2.73. The van der Waals surface area contributed by atoms with E-state index in [4.69, 9.17) is 25.8 Å². The second-order valence-electron chi connectivity index (χ2n) is 7.08. The fourth-order valence-electron chi connectivity index (χ4n) is 3.80. The molecule has 2 heterocycles. The summed E-state index contributed by atoms with van der Waals surface area (Å²) in [6.07, 6.45) is -8.42. The lowest BCUT2D eigenvalue weighted by atomic mass is 9.81. The first-order valence-electron chi connectivity index (χ1n) is 8.11. The first kappa shape index (κ1) is 20.2. The predicted molar refractivity (Wildman–Crippen MR) is 83.6 cm³/mol. The topological polar surface area (TPSA) is 169 Å². The largest absolute Gasteiger partial charge is 0.472 e. The van der Waals surface area contributed by atoms with Crippen molar-refractivity contribution in [2.24, 2.45) is 5.92 Å². The van der Waals surface area contributed by atoms with E-state index in [0.29, 0.717) is 0 Å². The summed E-state index contributed by atoms with van der Waals surface area (Å²) in [5.41, 5.74) is -3.79. The number of hydrogen-bond acceptors (Lipinski definition) is 10. The van der Waals surface area contributed by atoms with Crippen LogP contribution in [0.25, 0.3) is 0 Å². The van der Waals surface area contributed by atoms with Gasteiger partial charge in [0, 0.05) is 0 Å². The van der Waals surface area contributed by atoms with Crippen molar-refractivity contribution in [2.75, 3.05) is 6.61 Å². The van der Waals surface area contributed by atoms with Crippen molar-refractivity contribution < 1.29 is 50.0 Å². The van der Waals surface area contributed by atoms with Crippen LogP contribution in [-0.2, 0) is 14.2 Å². The summed E-state index contributed by atoms with van der Waals surface area (Å²) < 4.78 is 16.0. The van der Waals surface area contributed by atoms with Gasteiger partial charge in [0.05, 0.1) is 29.8 Å². The number of halogens is 1. The third-order valence-electron chi connectivity index (χ3n) is 5.37. The highest BCUT2D eigenvalue weighted by atomic mass is 35.5. The maximum absolute atomic E-state index is 10.8. The SMILES string of the molecule is C[C@]1(O)[C@H](Cl)[C@@H](O)[C@]2(O)C=CO[C@@H](O[C@H]3O[C@H](CO)[C@@H](O)[C@H](O)[C@H]3O)[C@H]12. The van der Waals surface area contributed by atoms with E-state index in [-0.39, 0.29) is 0 Å². The van der Waals surface area contributed by atoms with Crippen LogP contribution in [0, 0.1) is 5.92 Å². The molecule has 150 valence electrons. The molecule has 11 heteroatoms. The highest BCUT2D eigenvalue weighted by Gasteiger charge is 2.68. The Morgan fingerprint density at radius 1 is 1.08 bits per heavy atom. The van der Waals surface area contributed by atoms with Crippen molar-refractivity contribution in [1.29, 1.82) is 0 Å². The molecule has 26 heavy (non-hydrogen) atoms. The molecule has 0 aromatic rings. The van der Waals surface area contributed by atoms with Gasteiger partial charge in [0.1, 0.15) is 36.1 Å². The van der Waals surface area contributed by atoms with Crippen LogP contribution < -0.4 is 0 Å².